The summed E-state index contributed by atoms with van der Waals surface area (Å²) in [6.45, 7) is 0. The summed E-state index contributed by atoms with van der Waals surface area (Å²) in [5, 5.41) is 0.764. The molecule has 0 spiro atoms. The summed E-state index contributed by atoms with van der Waals surface area (Å²) in [4.78, 5) is 15.5. The normalized spacial score (nSPS) is 10.2. The van der Waals surface area contributed by atoms with Gasteiger partial charge in [0.05, 0.1) is 18.3 Å². The van der Waals surface area contributed by atoms with Crippen LogP contribution in [-0.2, 0) is 4.74 Å². The molecule has 4 nitrogen and oxygen atoms in total. The molecule has 2 N–H and O–H groups in total. The van der Waals surface area contributed by atoms with Gasteiger partial charge < -0.3 is 10.5 Å². The molecule has 0 bridgehead atoms. The summed E-state index contributed by atoms with van der Waals surface area (Å²) < 4.78 is 4.61. The number of rotatable bonds is 1. The largest absolute Gasteiger partial charge is 0.465 e. The van der Waals surface area contributed by atoms with Gasteiger partial charge in [-0.3, -0.25) is 4.98 Å². The number of methoxy groups -OCH3 is 1. The van der Waals surface area contributed by atoms with E-state index in [1.807, 2.05) is 24.3 Å². The molecule has 0 aliphatic heterocycles. The number of anilines is 1. The van der Waals surface area contributed by atoms with Crippen LogP contribution >= 0.6 is 0 Å². The molecule has 4 heteroatoms. The summed E-state index contributed by atoms with van der Waals surface area (Å²) in [7, 11) is 1.32. The third kappa shape index (κ3) is 1.50. The van der Waals surface area contributed by atoms with Gasteiger partial charge in [0.25, 0.3) is 0 Å². The Morgan fingerprint density at radius 1 is 1.40 bits per heavy atom. The SMILES string of the molecule is COC(=O)c1cnc2ccccc2c1N. The van der Waals surface area contributed by atoms with Crippen LogP contribution < -0.4 is 5.73 Å². The van der Waals surface area contributed by atoms with Gasteiger partial charge in [-0.25, -0.2) is 4.79 Å². The smallest absolute Gasteiger partial charge is 0.341 e. The van der Waals surface area contributed by atoms with Crippen LogP contribution in [0.1, 0.15) is 10.4 Å². The molecule has 0 radical (unpaired) electrons. The van der Waals surface area contributed by atoms with Crippen molar-refractivity contribution in [3.8, 4) is 0 Å². The Kier molecular flexibility index (Phi) is 2.25. The summed E-state index contributed by atoms with van der Waals surface area (Å²) in [5.41, 5.74) is 7.33. The Morgan fingerprint density at radius 3 is 2.87 bits per heavy atom. The lowest BCUT2D eigenvalue weighted by Gasteiger charge is -2.05. The first-order valence-corrected chi connectivity index (χ1v) is 4.45. The molecule has 0 amide bonds. The molecule has 1 aromatic heterocycles. The molecule has 2 aromatic rings. The number of carbonyl (C=O) groups excluding carboxylic acids is 1. The second-order valence-electron chi connectivity index (χ2n) is 3.09. The highest BCUT2D eigenvalue weighted by Gasteiger charge is 2.12. The van der Waals surface area contributed by atoms with E-state index in [-0.39, 0.29) is 0 Å². The van der Waals surface area contributed by atoms with Crippen LogP contribution in [0.5, 0.6) is 0 Å². The van der Waals surface area contributed by atoms with Crippen molar-refractivity contribution in [1.82, 2.24) is 4.98 Å². The number of nitrogens with zero attached hydrogens (tertiary/aromatic N) is 1. The zero-order chi connectivity index (χ0) is 10.8. The third-order valence-corrected chi connectivity index (χ3v) is 2.22. The summed E-state index contributed by atoms with van der Waals surface area (Å²) in [6, 6.07) is 7.38. The molecule has 0 fully saturated rings. The number of nitrogen functional groups attached to an aromatic ring is 1. The third-order valence-electron chi connectivity index (χ3n) is 2.22. The lowest BCUT2D eigenvalue weighted by atomic mass is 10.1. The molecule has 1 aromatic carbocycles. The summed E-state index contributed by atoms with van der Waals surface area (Å²) in [5.74, 6) is -0.467. The Morgan fingerprint density at radius 2 is 2.13 bits per heavy atom. The number of esters is 1. The predicted octanol–water partition coefficient (Wildman–Crippen LogP) is 1.60. The van der Waals surface area contributed by atoms with Crippen LogP contribution in [0.15, 0.2) is 30.5 Å². The fourth-order valence-corrected chi connectivity index (χ4v) is 1.44. The summed E-state index contributed by atoms with van der Waals surface area (Å²) in [6.07, 6.45) is 1.43. The van der Waals surface area contributed by atoms with Gasteiger partial charge in [0, 0.05) is 11.6 Å². The lowest BCUT2D eigenvalue weighted by Crippen LogP contribution is -2.06. The first kappa shape index (κ1) is 9.45. The van der Waals surface area contributed by atoms with Crippen molar-refractivity contribution in [2.75, 3.05) is 12.8 Å². The average molecular weight is 202 g/mol. The molecule has 0 aliphatic carbocycles. The minimum absolute atomic E-state index is 0.302. The van der Waals surface area contributed by atoms with Crippen LogP contribution in [0.4, 0.5) is 5.69 Å². The molecule has 0 aliphatic rings. The van der Waals surface area contributed by atoms with Crippen LogP contribution in [0.25, 0.3) is 10.9 Å². The Hall–Kier alpha value is -2.10. The average Bonchev–Trinajstić information content (AvgIpc) is 2.29. The van der Waals surface area contributed by atoms with Crippen LogP contribution in [-0.4, -0.2) is 18.1 Å². The van der Waals surface area contributed by atoms with Gasteiger partial charge in [-0.1, -0.05) is 18.2 Å². The molecule has 2 rings (SSSR count). The van der Waals surface area contributed by atoms with E-state index in [9.17, 15) is 4.79 Å². The number of benzene rings is 1. The highest BCUT2D eigenvalue weighted by molar-refractivity contribution is 6.03. The number of ether oxygens (including phenoxy) is 1. The number of fused-ring (bicyclic) bond motifs is 1. The maximum absolute atomic E-state index is 11.3. The van der Waals surface area contributed by atoms with Gasteiger partial charge in [-0.2, -0.15) is 0 Å². The van der Waals surface area contributed by atoms with Crippen molar-refractivity contribution in [2.24, 2.45) is 0 Å². The van der Waals surface area contributed by atoms with E-state index in [1.165, 1.54) is 13.3 Å². The standard InChI is InChI=1S/C11H10N2O2/c1-15-11(14)8-6-13-9-5-3-2-4-7(9)10(8)12/h2-6H,1H3,(H2,12,13). The van der Waals surface area contributed by atoms with Gasteiger partial charge in [0.2, 0.25) is 0 Å². The lowest BCUT2D eigenvalue weighted by molar-refractivity contribution is 0.0601. The second-order valence-corrected chi connectivity index (χ2v) is 3.09. The Labute approximate surface area is 86.7 Å². The van der Waals surface area contributed by atoms with Crippen molar-refractivity contribution in [3.05, 3.63) is 36.0 Å². The topological polar surface area (TPSA) is 65.2 Å². The van der Waals surface area contributed by atoms with E-state index in [0.717, 1.165) is 10.9 Å². The zero-order valence-electron chi connectivity index (χ0n) is 8.23. The maximum Gasteiger partial charge on any atom is 0.341 e. The molecular formula is C11H10N2O2. The highest BCUT2D eigenvalue weighted by Crippen LogP contribution is 2.22. The molecule has 0 saturated carbocycles. The van der Waals surface area contributed by atoms with Crippen LogP contribution in [0, 0.1) is 0 Å². The number of nitrogens with two attached hydrogens (primary N) is 1. The minimum Gasteiger partial charge on any atom is -0.465 e. The second kappa shape index (κ2) is 3.57. The minimum atomic E-state index is -0.467. The molecule has 1 heterocycles. The van der Waals surface area contributed by atoms with Gasteiger partial charge in [-0.15, -0.1) is 0 Å². The van der Waals surface area contributed by atoms with Gasteiger partial charge in [-0.05, 0) is 6.07 Å². The number of pyridine rings is 1. The van der Waals surface area contributed by atoms with E-state index in [0.29, 0.717) is 11.3 Å². The first-order valence-electron chi connectivity index (χ1n) is 4.45. The molecular weight excluding hydrogens is 192 g/mol. The monoisotopic (exact) mass is 202 g/mol. The molecule has 0 atom stereocenters. The van der Waals surface area contributed by atoms with Crippen molar-refractivity contribution in [1.29, 1.82) is 0 Å². The van der Waals surface area contributed by atoms with E-state index in [1.54, 1.807) is 0 Å². The number of hydrogen-bond acceptors (Lipinski definition) is 4. The van der Waals surface area contributed by atoms with Gasteiger partial charge >= 0.3 is 5.97 Å². The molecule has 15 heavy (non-hydrogen) atoms. The number of hydrogen-bond donors (Lipinski definition) is 1. The van der Waals surface area contributed by atoms with Gasteiger partial charge in [0.1, 0.15) is 5.56 Å². The van der Waals surface area contributed by atoms with Gasteiger partial charge in [0.15, 0.2) is 0 Å². The first-order chi connectivity index (χ1) is 7.24. The van der Waals surface area contributed by atoms with Crippen molar-refractivity contribution < 1.29 is 9.53 Å². The van der Waals surface area contributed by atoms with Crippen molar-refractivity contribution in [3.63, 3.8) is 0 Å². The summed E-state index contributed by atoms with van der Waals surface area (Å²) >= 11 is 0. The van der Waals surface area contributed by atoms with E-state index in [2.05, 4.69) is 9.72 Å². The van der Waals surface area contributed by atoms with Crippen molar-refractivity contribution >= 4 is 22.6 Å². The molecule has 0 unspecified atom stereocenters. The van der Waals surface area contributed by atoms with E-state index < -0.39 is 5.97 Å². The highest BCUT2D eigenvalue weighted by atomic mass is 16.5. The Bertz CT molecular complexity index is 523. The number of carbonyl (C=O) groups is 1. The molecule has 0 saturated heterocycles. The van der Waals surface area contributed by atoms with Crippen molar-refractivity contribution in [2.45, 2.75) is 0 Å². The van der Waals surface area contributed by atoms with Crippen LogP contribution in [0.2, 0.25) is 0 Å². The quantitative estimate of drug-likeness (QED) is 0.713. The zero-order valence-corrected chi connectivity index (χ0v) is 8.23. The van der Waals surface area contributed by atoms with E-state index >= 15 is 0 Å². The predicted molar refractivity (Wildman–Crippen MR) is 57.5 cm³/mol. The van der Waals surface area contributed by atoms with Crippen LogP contribution in [0.3, 0.4) is 0 Å². The maximum atomic E-state index is 11.3. The number of para-hydroxylation sites is 1. The number of aromatic nitrogens is 1. The fourth-order valence-electron chi connectivity index (χ4n) is 1.44. The van der Waals surface area contributed by atoms with E-state index in [4.69, 9.17) is 5.73 Å². The molecule has 76 valence electrons. The Balaban J connectivity index is 2.70. The fraction of sp³-hybridized carbons (Fsp3) is 0.0909.